The van der Waals surface area contributed by atoms with Crippen molar-refractivity contribution in [2.24, 2.45) is 0 Å². The van der Waals surface area contributed by atoms with Gasteiger partial charge in [0.15, 0.2) is 0 Å². The van der Waals surface area contributed by atoms with Crippen LogP contribution in [0.1, 0.15) is 23.1 Å². The van der Waals surface area contributed by atoms with Gasteiger partial charge in [-0.2, -0.15) is 0 Å². The molecule has 0 N–H and O–H groups in total. The van der Waals surface area contributed by atoms with E-state index in [0.29, 0.717) is 0 Å². The van der Waals surface area contributed by atoms with Crippen LogP contribution in [0.3, 0.4) is 0 Å². The van der Waals surface area contributed by atoms with Crippen LogP contribution in [0.25, 0.3) is 0 Å². The largest absolute Gasteiger partial charge is 0.0588 e. The first-order chi connectivity index (χ1) is 5.40. The van der Waals surface area contributed by atoms with Crippen LogP contribution < -0.4 is 0 Å². The van der Waals surface area contributed by atoms with Gasteiger partial charge < -0.3 is 0 Å². The lowest BCUT2D eigenvalue weighted by Crippen LogP contribution is -1.85. The molecule has 0 bridgehead atoms. The van der Waals surface area contributed by atoms with Gasteiger partial charge >= 0.3 is 0 Å². The Morgan fingerprint density at radius 2 is 2.00 bits per heavy atom. The zero-order valence-electron chi connectivity index (χ0n) is 6.77. The predicted octanol–water partition coefficient (Wildman–Crippen LogP) is 2.55. The van der Waals surface area contributed by atoms with Crippen molar-refractivity contribution in [1.82, 2.24) is 0 Å². The summed E-state index contributed by atoms with van der Waals surface area (Å²) in [5, 5.41) is 0. The zero-order chi connectivity index (χ0) is 7.68. The van der Waals surface area contributed by atoms with Gasteiger partial charge in [-0.15, -0.1) is 0 Å². The van der Waals surface area contributed by atoms with Crippen molar-refractivity contribution in [3.05, 3.63) is 41.8 Å². The molecule has 0 saturated carbocycles. The molecule has 0 spiro atoms. The second-order valence-corrected chi connectivity index (χ2v) is 3.21. The highest BCUT2D eigenvalue weighted by molar-refractivity contribution is 5.35. The molecule has 0 fully saturated rings. The molecule has 57 valence electrons. The molecule has 1 radical (unpaired) electrons. The monoisotopic (exact) mass is 145 g/mol. The van der Waals surface area contributed by atoms with E-state index >= 15 is 0 Å². The summed E-state index contributed by atoms with van der Waals surface area (Å²) in [6.07, 6.45) is 4.83. The highest BCUT2D eigenvalue weighted by Gasteiger charge is 2.09. The lowest BCUT2D eigenvalue weighted by atomic mass is 10.1. The molecule has 11 heavy (non-hydrogen) atoms. The van der Waals surface area contributed by atoms with Crippen LogP contribution in [0.15, 0.2) is 18.2 Å². The van der Waals surface area contributed by atoms with E-state index in [9.17, 15) is 0 Å². The first-order valence-corrected chi connectivity index (χ1v) is 4.30. The molecule has 1 aromatic rings. The van der Waals surface area contributed by atoms with E-state index in [1.54, 1.807) is 11.1 Å². The van der Waals surface area contributed by atoms with E-state index in [4.69, 9.17) is 0 Å². The first kappa shape index (κ1) is 6.90. The average Bonchev–Trinajstić information content (AvgIpc) is 2.50. The fourth-order valence-corrected chi connectivity index (χ4v) is 1.78. The third-order valence-corrected chi connectivity index (χ3v) is 2.45. The molecule has 0 atom stereocenters. The minimum Gasteiger partial charge on any atom is -0.0588 e. The third kappa shape index (κ3) is 1.18. The molecule has 0 nitrogen and oxygen atoms in total. The maximum absolute atomic E-state index is 3.88. The summed E-state index contributed by atoms with van der Waals surface area (Å²) in [7, 11) is 0. The molecule has 0 unspecified atom stereocenters. The van der Waals surface area contributed by atoms with Crippen molar-refractivity contribution in [3.8, 4) is 0 Å². The number of hydrogen-bond donors (Lipinski definition) is 0. The Labute approximate surface area is 68.3 Å². The summed E-state index contributed by atoms with van der Waals surface area (Å²) >= 11 is 0. The summed E-state index contributed by atoms with van der Waals surface area (Å²) < 4.78 is 0. The summed E-state index contributed by atoms with van der Waals surface area (Å²) in [6.45, 7) is 3.88. The van der Waals surface area contributed by atoms with Crippen LogP contribution in [0, 0.1) is 6.92 Å². The molecule has 0 saturated heterocycles. The quantitative estimate of drug-likeness (QED) is 0.569. The van der Waals surface area contributed by atoms with Crippen molar-refractivity contribution in [2.75, 3.05) is 0 Å². The molecule has 1 aliphatic rings. The Bertz CT molecular complexity index is 261. The minimum atomic E-state index is 0.924. The lowest BCUT2D eigenvalue weighted by Gasteiger charge is -2.00. The van der Waals surface area contributed by atoms with Crippen LogP contribution >= 0.6 is 0 Å². The molecule has 0 aromatic heterocycles. The summed E-state index contributed by atoms with van der Waals surface area (Å²) in [4.78, 5) is 0. The van der Waals surface area contributed by atoms with Crippen molar-refractivity contribution in [2.45, 2.75) is 25.7 Å². The molecule has 2 rings (SSSR count). The summed E-state index contributed by atoms with van der Waals surface area (Å²) in [6, 6.07) is 6.79. The Balaban J connectivity index is 2.41. The maximum Gasteiger partial charge on any atom is -0.0273 e. The van der Waals surface area contributed by atoms with E-state index in [2.05, 4.69) is 25.1 Å². The average molecular weight is 145 g/mol. The smallest absolute Gasteiger partial charge is 0.0273 e. The van der Waals surface area contributed by atoms with E-state index in [-0.39, 0.29) is 0 Å². The van der Waals surface area contributed by atoms with E-state index in [1.807, 2.05) is 0 Å². The highest BCUT2D eigenvalue weighted by Crippen LogP contribution is 2.22. The van der Waals surface area contributed by atoms with E-state index in [0.717, 1.165) is 6.42 Å². The fraction of sp³-hybridized carbons (Fsp3) is 0.364. The first-order valence-electron chi connectivity index (χ1n) is 4.30. The van der Waals surface area contributed by atoms with Gasteiger partial charge in [-0.05, 0) is 49.3 Å². The highest BCUT2D eigenvalue weighted by atomic mass is 14.1. The van der Waals surface area contributed by atoms with E-state index < -0.39 is 0 Å². The van der Waals surface area contributed by atoms with Crippen LogP contribution in [-0.4, -0.2) is 0 Å². The van der Waals surface area contributed by atoms with Gasteiger partial charge in [-0.1, -0.05) is 18.2 Å². The van der Waals surface area contributed by atoms with Gasteiger partial charge in [0.1, 0.15) is 0 Å². The number of fused-ring (bicyclic) bond motifs is 1. The second-order valence-electron chi connectivity index (χ2n) is 3.21. The number of aryl methyl sites for hydroxylation is 2. The maximum atomic E-state index is 3.88. The van der Waals surface area contributed by atoms with Gasteiger partial charge in [0.2, 0.25) is 0 Å². The molecule has 0 aliphatic heterocycles. The predicted molar refractivity (Wildman–Crippen MR) is 47.5 cm³/mol. The Hall–Kier alpha value is -0.780. The fourth-order valence-electron chi connectivity index (χ4n) is 1.78. The van der Waals surface area contributed by atoms with Gasteiger partial charge in [-0.25, -0.2) is 0 Å². The minimum absolute atomic E-state index is 0.924. The van der Waals surface area contributed by atoms with Gasteiger partial charge in [-0.3, -0.25) is 0 Å². The van der Waals surface area contributed by atoms with Gasteiger partial charge in [0.05, 0.1) is 0 Å². The Morgan fingerprint density at radius 1 is 1.18 bits per heavy atom. The third-order valence-electron chi connectivity index (χ3n) is 2.45. The van der Waals surface area contributed by atoms with Crippen LogP contribution in [0.4, 0.5) is 0 Å². The molecule has 0 heterocycles. The normalized spacial score (nSPS) is 15.0. The second kappa shape index (κ2) is 2.69. The number of hydrogen-bond acceptors (Lipinski definition) is 0. The van der Waals surface area contributed by atoms with Crippen molar-refractivity contribution in [3.63, 3.8) is 0 Å². The SMILES string of the molecule is [CH2]Cc1ccc2c(c1)CCC2. The number of benzene rings is 1. The van der Waals surface area contributed by atoms with Crippen LogP contribution in [-0.2, 0) is 19.3 Å². The molecular formula is C11H13. The zero-order valence-corrected chi connectivity index (χ0v) is 6.77. The molecule has 1 aliphatic carbocycles. The Kier molecular flexibility index (Phi) is 1.69. The lowest BCUT2D eigenvalue weighted by molar-refractivity contribution is 0.911. The van der Waals surface area contributed by atoms with E-state index in [1.165, 1.54) is 24.8 Å². The van der Waals surface area contributed by atoms with Gasteiger partial charge in [0, 0.05) is 0 Å². The standard InChI is InChI=1S/C11H13/c1-2-9-6-7-10-4-3-5-11(10)8-9/h6-8H,1-5H2. The molecule has 0 amide bonds. The molecule has 0 heteroatoms. The van der Waals surface area contributed by atoms with Crippen molar-refractivity contribution < 1.29 is 0 Å². The van der Waals surface area contributed by atoms with Crippen molar-refractivity contribution >= 4 is 0 Å². The number of rotatable bonds is 1. The molecule has 1 aromatic carbocycles. The van der Waals surface area contributed by atoms with Crippen LogP contribution in [0.5, 0.6) is 0 Å². The van der Waals surface area contributed by atoms with Crippen molar-refractivity contribution in [1.29, 1.82) is 0 Å². The van der Waals surface area contributed by atoms with Crippen LogP contribution in [0.2, 0.25) is 0 Å². The topological polar surface area (TPSA) is 0 Å². The Morgan fingerprint density at radius 3 is 2.82 bits per heavy atom. The summed E-state index contributed by atoms with van der Waals surface area (Å²) in [5.41, 5.74) is 4.50. The molecular weight excluding hydrogens is 132 g/mol. The van der Waals surface area contributed by atoms with Gasteiger partial charge in [0.25, 0.3) is 0 Å². The summed E-state index contributed by atoms with van der Waals surface area (Å²) in [5.74, 6) is 0.